The number of aliphatic imine (C=N–C) groups is 1. The van der Waals surface area contributed by atoms with Gasteiger partial charge in [0, 0.05) is 16.9 Å². The fraction of sp³-hybridized carbons (Fsp3) is 0.100. The Bertz CT molecular complexity index is 456. The molecule has 84 valence electrons. The average molecular weight is 260 g/mol. The summed E-state index contributed by atoms with van der Waals surface area (Å²) in [6.07, 6.45) is 1.21. The van der Waals surface area contributed by atoms with Crippen LogP contribution in [0.1, 0.15) is 0 Å². The Balaban J connectivity index is 2.32. The van der Waals surface area contributed by atoms with E-state index in [1.807, 2.05) is 0 Å². The molecule has 0 radical (unpaired) electrons. The first-order valence-corrected chi connectivity index (χ1v) is 5.28. The van der Waals surface area contributed by atoms with E-state index in [1.165, 1.54) is 11.1 Å². The van der Waals surface area contributed by atoms with Gasteiger partial charge in [0.1, 0.15) is 0 Å². The third kappa shape index (κ3) is 2.13. The predicted octanol–water partition coefficient (Wildman–Crippen LogP) is 2.85. The summed E-state index contributed by atoms with van der Waals surface area (Å²) < 4.78 is 13.2. The number of rotatable bonds is 1. The van der Waals surface area contributed by atoms with Crippen molar-refractivity contribution in [2.75, 3.05) is 4.90 Å². The largest absolute Gasteiger partial charge is 0.381 e. The molecular formula is C10H8Cl2FN3. The number of hydrogen-bond donors (Lipinski definition) is 1. The zero-order chi connectivity index (χ0) is 11.7. The van der Waals surface area contributed by atoms with Gasteiger partial charge in [-0.15, -0.1) is 0 Å². The summed E-state index contributed by atoms with van der Waals surface area (Å²) in [5.41, 5.74) is 5.25. The van der Waals surface area contributed by atoms with Crippen molar-refractivity contribution in [1.82, 2.24) is 0 Å². The van der Waals surface area contributed by atoms with Crippen LogP contribution in [0.3, 0.4) is 0 Å². The molecule has 16 heavy (non-hydrogen) atoms. The molecule has 0 aliphatic carbocycles. The maximum atomic E-state index is 13.2. The van der Waals surface area contributed by atoms with Gasteiger partial charge in [0.15, 0.2) is 11.7 Å². The summed E-state index contributed by atoms with van der Waals surface area (Å²) >= 11 is 11.7. The first-order valence-electron chi connectivity index (χ1n) is 4.47. The normalized spacial score (nSPS) is 20.4. The molecule has 2 rings (SSSR count). The van der Waals surface area contributed by atoms with Crippen LogP contribution in [0.15, 0.2) is 41.3 Å². The number of nitrogens with zero attached hydrogens (tertiary/aromatic N) is 2. The summed E-state index contributed by atoms with van der Waals surface area (Å²) in [6, 6.07) is 6.82. The van der Waals surface area contributed by atoms with Crippen molar-refractivity contribution in [3.63, 3.8) is 0 Å². The second-order valence-corrected chi connectivity index (χ2v) is 4.01. The van der Waals surface area contributed by atoms with E-state index in [0.717, 1.165) is 0 Å². The Hall–Kier alpha value is -1.26. The van der Waals surface area contributed by atoms with Gasteiger partial charge < -0.3 is 10.6 Å². The van der Waals surface area contributed by atoms with E-state index < -0.39 is 11.5 Å². The zero-order valence-corrected chi connectivity index (χ0v) is 9.58. The van der Waals surface area contributed by atoms with Gasteiger partial charge in [-0.05, 0) is 24.3 Å². The summed E-state index contributed by atoms with van der Waals surface area (Å²) in [6.45, 7) is 0. The molecule has 1 atom stereocenters. The molecule has 0 spiro atoms. The van der Waals surface area contributed by atoms with Crippen LogP contribution in [-0.4, -0.2) is 11.5 Å². The monoisotopic (exact) mass is 259 g/mol. The van der Waals surface area contributed by atoms with Gasteiger partial charge in [-0.1, -0.05) is 23.2 Å². The molecule has 0 saturated heterocycles. The van der Waals surface area contributed by atoms with Crippen LogP contribution >= 0.6 is 23.2 Å². The van der Waals surface area contributed by atoms with E-state index in [2.05, 4.69) is 4.99 Å². The maximum absolute atomic E-state index is 13.2. The lowest BCUT2D eigenvalue weighted by molar-refractivity contribution is 0.656. The van der Waals surface area contributed by atoms with E-state index >= 15 is 0 Å². The Morgan fingerprint density at radius 1 is 1.31 bits per heavy atom. The van der Waals surface area contributed by atoms with Crippen LogP contribution in [0.25, 0.3) is 0 Å². The van der Waals surface area contributed by atoms with E-state index in [9.17, 15) is 4.39 Å². The molecule has 0 amide bonds. The fourth-order valence-corrected chi connectivity index (χ4v) is 1.70. The van der Waals surface area contributed by atoms with Crippen LogP contribution in [0, 0.1) is 0 Å². The summed E-state index contributed by atoms with van der Waals surface area (Å²) in [7, 11) is 0. The second-order valence-electron chi connectivity index (χ2n) is 3.19. The van der Waals surface area contributed by atoms with E-state index in [4.69, 9.17) is 28.9 Å². The van der Waals surface area contributed by atoms with Gasteiger partial charge in [0.05, 0.1) is 0 Å². The highest BCUT2D eigenvalue weighted by Gasteiger charge is 2.21. The maximum Gasteiger partial charge on any atom is 0.203 e. The fourth-order valence-electron chi connectivity index (χ4n) is 1.30. The highest BCUT2D eigenvalue weighted by Crippen LogP contribution is 2.26. The van der Waals surface area contributed by atoms with Crippen molar-refractivity contribution in [3.05, 3.63) is 41.3 Å². The average Bonchev–Trinajstić information content (AvgIpc) is 2.25. The predicted molar refractivity (Wildman–Crippen MR) is 64.4 cm³/mol. The SMILES string of the molecule is NC1=NC(Cl)N(c2ccc(Cl)cc2)C=C1F. The van der Waals surface area contributed by atoms with Gasteiger partial charge in [-0.2, -0.15) is 0 Å². The minimum absolute atomic E-state index is 0.190. The first kappa shape index (κ1) is 11.2. The van der Waals surface area contributed by atoms with Crippen LogP contribution < -0.4 is 10.6 Å². The lowest BCUT2D eigenvalue weighted by atomic mass is 10.3. The van der Waals surface area contributed by atoms with Crippen LogP contribution in [-0.2, 0) is 0 Å². The number of alkyl halides is 1. The molecule has 1 heterocycles. The van der Waals surface area contributed by atoms with Gasteiger partial charge in [-0.25, -0.2) is 9.38 Å². The summed E-state index contributed by atoms with van der Waals surface area (Å²) in [4.78, 5) is 5.22. The molecule has 0 aromatic heterocycles. The van der Waals surface area contributed by atoms with E-state index in [-0.39, 0.29) is 5.84 Å². The smallest absolute Gasteiger partial charge is 0.203 e. The molecular weight excluding hydrogens is 252 g/mol. The minimum atomic E-state index is -0.749. The van der Waals surface area contributed by atoms with Gasteiger partial charge in [0.2, 0.25) is 5.62 Å². The summed E-state index contributed by atoms with van der Waals surface area (Å²) in [5.74, 6) is -0.794. The molecule has 3 nitrogen and oxygen atoms in total. The number of anilines is 1. The van der Waals surface area contributed by atoms with Crippen molar-refractivity contribution in [3.8, 4) is 0 Å². The number of nitrogens with two attached hydrogens (primary N) is 1. The topological polar surface area (TPSA) is 41.6 Å². The molecule has 0 bridgehead atoms. The number of amidine groups is 1. The van der Waals surface area contributed by atoms with Crippen LogP contribution in [0.2, 0.25) is 5.02 Å². The standard InChI is InChI=1S/C10H8Cl2FN3/c11-6-1-3-7(4-2-6)16-5-8(13)9(14)15-10(16)12/h1-5,10H,(H2,14,15). The molecule has 1 aliphatic rings. The third-order valence-electron chi connectivity index (χ3n) is 2.10. The van der Waals surface area contributed by atoms with Crippen molar-refractivity contribution in [2.24, 2.45) is 10.7 Å². The lowest BCUT2D eigenvalue weighted by Crippen LogP contribution is -2.32. The first-order chi connectivity index (χ1) is 7.58. The van der Waals surface area contributed by atoms with Gasteiger partial charge in [0.25, 0.3) is 0 Å². The number of hydrogen-bond acceptors (Lipinski definition) is 3. The van der Waals surface area contributed by atoms with Crippen molar-refractivity contribution >= 4 is 34.7 Å². The summed E-state index contributed by atoms with van der Waals surface area (Å²) in [5, 5.41) is 0.597. The third-order valence-corrected chi connectivity index (χ3v) is 2.66. The lowest BCUT2D eigenvalue weighted by Gasteiger charge is -2.26. The molecule has 0 saturated carbocycles. The van der Waals surface area contributed by atoms with Gasteiger partial charge in [-0.3, -0.25) is 0 Å². The highest BCUT2D eigenvalue weighted by atomic mass is 35.5. The van der Waals surface area contributed by atoms with E-state index in [1.54, 1.807) is 24.3 Å². The number of benzene rings is 1. The Morgan fingerprint density at radius 3 is 2.56 bits per heavy atom. The molecule has 0 fully saturated rings. The van der Waals surface area contributed by atoms with Crippen molar-refractivity contribution < 1.29 is 4.39 Å². The van der Waals surface area contributed by atoms with E-state index in [0.29, 0.717) is 10.7 Å². The second kappa shape index (κ2) is 4.31. The molecule has 1 unspecified atom stereocenters. The van der Waals surface area contributed by atoms with Crippen LogP contribution in [0.5, 0.6) is 0 Å². The Morgan fingerprint density at radius 2 is 1.94 bits per heavy atom. The highest BCUT2D eigenvalue weighted by molar-refractivity contribution is 6.30. The Labute approximate surface area is 102 Å². The Kier molecular flexibility index (Phi) is 3.03. The molecule has 2 N–H and O–H groups in total. The molecule has 1 aliphatic heterocycles. The zero-order valence-electron chi connectivity index (χ0n) is 8.07. The minimum Gasteiger partial charge on any atom is -0.381 e. The van der Waals surface area contributed by atoms with Crippen molar-refractivity contribution in [1.29, 1.82) is 0 Å². The quantitative estimate of drug-likeness (QED) is 0.623. The number of halogens is 3. The molecule has 1 aromatic rings. The molecule has 6 heteroatoms. The van der Waals surface area contributed by atoms with Crippen LogP contribution in [0.4, 0.5) is 10.1 Å². The van der Waals surface area contributed by atoms with Crippen molar-refractivity contribution in [2.45, 2.75) is 5.62 Å². The van der Waals surface area contributed by atoms with Gasteiger partial charge >= 0.3 is 0 Å². The molecule has 1 aromatic carbocycles.